The maximum Gasteiger partial charge on any atom is 0.0621 e. The zero-order valence-corrected chi connectivity index (χ0v) is 9.11. The number of nitrogens with two attached hydrogens (primary N) is 1. The predicted octanol–water partition coefficient (Wildman–Crippen LogP) is 0.858. The fraction of sp³-hybridized carbons (Fsp3) is 0.818. The molecule has 0 spiro atoms. The van der Waals surface area contributed by atoms with Crippen LogP contribution in [0.2, 0.25) is 0 Å². The van der Waals surface area contributed by atoms with Crippen molar-refractivity contribution in [3.8, 4) is 0 Å². The molecular formula is C11H22N2O. The Morgan fingerprint density at radius 2 is 2.36 bits per heavy atom. The molecule has 3 heteroatoms. The Morgan fingerprint density at radius 3 is 2.86 bits per heavy atom. The van der Waals surface area contributed by atoms with E-state index in [4.69, 9.17) is 10.5 Å². The lowest BCUT2D eigenvalue weighted by Crippen LogP contribution is -2.38. The first-order chi connectivity index (χ1) is 6.77. The third kappa shape index (κ3) is 3.40. The number of hydrogen-bond acceptors (Lipinski definition) is 3. The number of nitrogens with zero attached hydrogens (tertiary/aromatic N) is 1. The summed E-state index contributed by atoms with van der Waals surface area (Å²) in [7, 11) is 0. The first kappa shape index (κ1) is 11.7. The van der Waals surface area contributed by atoms with E-state index in [0.717, 1.165) is 32.8 Å². The fourth-order valence-corrected chi connectivity index (χ4v) is 1.89. The molecule has 2 unspecified atom stereocenters. The van der Waals surface area contributed by atoms with Gasteiger partial charge in [0.05, 0.1) is 13.2 Å². The highest BCUT2D eigenvalue weighted by molar-refractivity contribution is 4.83. The summed E-state index contributed by atoms with van der Waals surface area (Å²) in [6.07, 6.45) is 3.13. The largest absolute Gasteiger partial charge is 0.379 e. The Bertz CT molecular complexity index is 173. The van der Waals surface area contributed by atoms with Crippen molar-refractivity contribution in [3.63, 3.8) is 0 Å². The first-order valence-corrected chi connectivity index (χ1v) is 5.44. The normalized spacial score (nSPS) is 27.1. The summed E-state index contributed by atoms with van der Waals surface area (Å²) in [6, 6.07) is 0.221. The molecule has 0 radical (unpaired) electrons. The van der Waals surface area contributed by atoms with E-state index < -0.39 is 0 Å². The van der Waals surface area contributed by atoms with Crippen LogP contribution >= 0.6 is 0 Å². The van der Waals surface area contributed by atoms with E-state index in [1.54, 1.807) is 0 Å². The van der Waals surface area contributed by atoms with Crippen LogP contribution in [-0.4, -0.2) is 43.8 Å². The molecule has 2 N–H and O–H groups in total. The van der Waals surface area contributed by atoms with Gasteiger partial charge in [0, 0.05) is 25.0 Å². The van der Waals surface area contributed by atoms with Gasteiger partial charge in [-0.25, -0.2) is 0 Å². The van der Waals surface area contributed by atoms with E-state index in [1.165, 1.54) is 6.42 Å². The van der Waals surface area contributed by atoms with Gasteiger partial charge in [-0.15, -0.1) is 6.58 Å². The summed E-state index contributed by atoms with van der Waals surface area (Å²) in [5.74, 6) is 0.501. The van der Waals surface area contributed by atoms with Crippen LogP contribution in [0.3, 0.4) is 0 Å². The standard InChI is InChI=1S/C11H22N2O/c1-3-5-13(6-4-2)7-10-8-14-9-11(10)12/h3,10-11H,1,4-9,12H2,2H3. The molecular weight excluding hydrogens is 176 g/mol. The molecule has 0 aromatic heterocycles. The average molecular weight is 198 g/mol. The number of rotatable bonds is 6. The van der Waals surface area contributed by atoms with E-state index in [0.29, 0.717) is 5.92 Å². The molecule has 14 heavy (non-hydrogen) atoms. The fourth-order valence-electron chi connectivity index (χ4n) is 1.89. The SMILES string of the molecule is C=CCN(CCC)CC1COCC1N. The topological polar surface area (TPSA) is 38.5 Å². The third-order valence-corrected chi connectivity index (χ3v) is 2.67. The Morgan fingerprint density at radius 1 is 1.57 bits per heavy atom. The van der Waals surface area contributed by atoms with Gasteiger partial charge in [-0.3, -0.25) is 4.90 Å². The number of ether oxygens (including phenoxy) is 1. The molecule has 0 aliphatic carbocycles. The van der Waals surface area contributed by atoms with Crippen LogP contribution < -0.4 is 5.73 Å². The van der Waals surface area contributed by atoms with Gasteiger partial charge < -0.3 is 10.5 Å². The summed E-state index contributed by atoms with van der Waals surface area (Å²) in [5, 5.41) is 0. The van der Waals surface area contributed by atoms with E-state index in [-0.39, 0.29) is 6.04 Å². The third-order valence-electron chi connectivity index (χ3n) is 2.67. The lowest BCUT2D eigenvalue weighted by Gasteiger charge is -2.24. The van der Waals surface area contributed by atoms with Gasteiger partial charge in [0.2, 0.25) is 0 Å². The highest BCUT2D eigenvalue weighted by Crippen LogP contribution is 2.13. The van der Waals surface area contributed by atoms with Crippen LogP contribution in [0.4, 0.5) is 0 Å². The summed E-state index contributed by atoms with van der Waals surface area (Å²) in [6.45, 7) is 10.6. The molecule has 0 amide bonds. The zero-order valence-electron chi connectivity index (χ0n) is 9.11. The summed E-state index contributed by atoms with van der Waals surface area (Å²) in [4.78, 5) is 2.40. The quantitative estimate of drug-likeness (QED) is 0.643. The summed E-state index contributed by atoms with van der Waals surface area (Å²) in [5.41, 5.74) is 5.94. The molecule has 82 valence electrons. The lowest BCUT2D eigenvalue weighted by atomic mass is 10.0. The van der Waals surface area contributed by atoms with Crippen LogP contribution in [0.25, 0.3) is 0 Å². The maximum atomic E-state index is 5.94. The summed E-state index contributed by atoms with van der Waals surface area (Å²) >= 11 is 0. The van der Waals surface area contributed by atoms with Gasteiger partial charge in [0.25, 0.3) is 0 Å². The highest BCUT2D eigenvalue weighted by Gasteiger charge is 2.26. The predicted molar refractivity (Wildman–Crippen MR) is 59.2 cm³/mol. The first-order valence-electron chi connectivity index (χ1n) is 5.44. The molecule has 1 saturated heterocycles. The van der Waals surface area contributed by atoms with E-state index >= 15 is 0 Å². The van der Waals surface area contributed by atoms with E-state index in [2.05, 4.69) is 18.4 Å². The van der Waals surface area contributed by atoms with Crippen molar-refractivity contribution in [2.75, 3.05) is 32.8 Å². The minimum absolute atomic E-state index is 0.221. The van der Waals surface area contributed by atoms with E-state index in [9.17, 15) is 0 Å². The van der Waals surface area contributed by atoms with Crippen molar-refractivity contribution in [2.24, 2.45) is 11.7 Å². The Kier molecular flexibility index (Phi) is 5.15. The van der Waals surface area contributed by atoms with Crippen molar-refractivity contribution < 1.29 is 4.74 Å². The van der Waals surface area contributed by atoms with Gasteiger partial charge in [0.15, 0.2) is 0 Å². The molecule has 1 rings (SSSR count). The van der Waals surface area contributed by atoms with Crippen molar-refractivity contribution in [1.29, 1.82) is 0 Å². The van der Waals surface area contributed by atoms with Crippen molar-refractivity contribution in [2.45, 2.75) is 19.4 Å². The van der Waals surface area contributed by atoms with Gasteiger partial charge in [-0.05, 0) is 13.0 Å². The Hall–Kier alpha value is -0.380. The van der Waals surface area contributed by atoms with Crippen LogP contribution in [-0.2, 0) is 4.74 Å². The molecule has 0 aromatic carbocycles. The van der Waals surface area contributed by atoms with Crippen LogP contribution in [0.15, 0.2) is 12.7 Å². The van der Waals surface area contributed by atoms with Crippen molar-refractivity contribution in [1.82, 2.24) is 4.90 Å². The molecule has 0 bridgehead atoms. The molecule has 1 fully saturated rings. The zero-order chi connectivity index (χ0) is 10.4. The van der Waals surface area contributed by atoms with Gasteiger partial charge in [-0.1, -0.05) is 13.0 Å². The monoisotopic (exact) mass is 198 g/mol. The molecule has 1 aliphatic rings. The van der Waals surface area contributed by atoms with E-state index in [1.807, 2.05) is 6.08 Å². The molecule has 3 nitrogen and oxygen atoms in total. The Balaban J connectivity index is 2.33. The minimum atomic E-state index is 0.221. The molecule has 1 aliphatic heterocycles. The molecule has 1 heterocycles. The van der Waals surface area contributed by atoms with Crippen molar-refractivity contribution in [3.05, 3.63) is 12.7 Å². The maximum absolute atomic E-state index is 5.94. The van der Waals surface area contributed by atoms with Crippen LogP contribution in [0, 0.1) is 5.92 Å². The smallest absolute Gasteiger partial charge is 0.0621 e. The summed E-state index contributed by atoms with van der Waals surface area (Å²) < 4.78 is 5.35. The van der Waals surface area contributed by atoms with Crippen LogP contribution in [0.5, 0.6) is 0 Å². The number of hydrogen-bond donors (Lipinski definition) is 1. The lowest BCUT2D eigenvalue weighted by molar-refractivity contribution is 0.170. The second-order valence-corrected chi connectivity index (χ2v) is 4.01. The second-order valence-electron chi connectivity index (χ2n) is 4.01. The highest BCUT2D eigenvalue weighted by atomic mass is 16.5. The minimum Gasteiger partial charge on any atom is -0.379 e. The Labute approximate surface area is 86.9 Å². The van der Waals surface area contributed by atoms with Gasteiger partial charge >= 0.3 is 0 Å². The van der Waals surface area contributed by atoms with Crippen LogP contribution in [0.1, 0.15) is 13.3 Å². The second kappa shape index (κ2) is 6.17. The average Bonchev–Trinajstić information content (AvgIpc) is 2.53. The van der Waals surface area contributed by atoms with Gasteiger partial charge in [-0.2, -0.15) is 0 Å². The molecule has 0 saturated carbocycles. The van der Waals surface area contributed by atoms with Crippen molar-refractivity contribution >= 4 is 0 Å². The van der Waals surface area contributed by atoms with Gasteiger partial charge in [0.1, 0.15) is 0 Å². The molecule has 2 atom stereocenters. The molecule has 0 aromatic rings.